The van der Waals surface area contributed by atoms with E-state index in [-0.39, 0.29) is 29.7 Å². The van der Waals surface area contributed by atoms with Gasteiger partial charge in [0, 0.05) is 18.5 Å². The molecule has 1 fully saturated rings. The minimum Gasteiger partial charge on any atom is -0.508 e. The molecule has 1 amide bonds. The third-order valence-electron chi connectivity index (χ3n) is 6.11. The Morgan fingerprint density at radius 1 is 1.03 bits per heavy atom. The monoisotopic (exact) mass is 441 g/mol. The van der Waals surface area contributed by atoms with Crippen LogP contribution in [0.25, 0.3) is 5.76 Å². The molecule has 2 N–H and O–H groups in total. The van der Waals surface area contributed by atoms with E-state index in [0.29, 0.717) is 17.5 Å². The third-order valence-corrected chi connectivity index (χ3v) is 6.11. The van der Waals surface area contributed by atoms with Crippen molar-refractivity contribution in [2.24, 2.45) is 0 Å². The Kier molecular flexibility index (Phi) is 5.13. The maximum absolute atomic E-state index is 13.2. The average Bonchev–Trinajstić information content (AvgIpc) is 3.31. The number of aliphatic hydroxyl groups is 1. The van der Waals surface area contributed by atoms with Gasteiger partial charge in [0.1, 0.15) is 23.4 Å². The van der Waals surface area contributed by atoms with Crippen molar-refractivity contribution in [3.63, 3.8) is 0 Å². The zero-order valence-electron chi connectivity index (χ0n) is 18.1. The average molecular weight is 441 g/mol. The number of phenols is 1. The first-order chi connectivity index (χ1) is 15.9. The van der Waals surface area contributed by atoms with Crippen molar-refractivity contribution >= 4 is 17.4 Å². The Morgan fingerprint density at radius 3 is 2.48 bits per heavy atom. The van der Waals surface area contributed by atoms with Crippen LogP contribution in [0.15, 0.2) is 78.4 Å². The third kappa shape index (κ3) is 3.74. The molecule has 33 heavy (non-hydrogen) atoms. The molecule has 0 saturated carbocycles. The molecule has 2 atom stereocenters. The zero-order chi connectivity index (χ0) is 23.1. The highest BCUT2D eigenvalue weighted by molar-refractivity contribution is 6.46. The zero-order valence-corrected chi connectivity index (χ0v) is 18.1. The lowest BCUT2D eigenvalue weighted by Gasteiger charge is -2.25. The molecule has 0 unspecified atom stereocenters. The smallest absolute Gasteiger partial charge is 0.295 e. The number of ether oxygens (including phenoxy) is 1. The summed E-state index contributed by atoms with van der Waals surface area (Å²) in [5, 5.41) is 21.0. The van der Waals surface area contributed by atoms with Crippen LogP contribution in [0.5, 0.6) is 11.5 Å². The molecule has 2 heterocycles. The van der Waals surface area contributed by atoms with Gasteiger partial charge in [-0.2, -0.15) is 0 Å². The van der Waals surface area contributed by atoms with Crippen LogP contribution in [0.4, 0.5) is 0 Å². The van der Waals surface area contributed by atoms with E-state index in [1.54, 1.807) is 24.3 Å². The number of ketones is 1. The lowest BCUT2D eigenvalue weighted by Crippen LogP contribution is -2.29. The van der Waals surface area contributed by atoms with Gasteiger partial charge in [-0.15, -0.1) is 0 Å². The van der Waals surface area contributed by atoms with E-state index >= 15 is 0 Å². The molecule has 2 aliphatic heterocycles. The summed E-state index contributed by atoms with van der Waals surface area (Å²) >= 11 is 0. The number of amides is 1. The first-order valence-corrected chi connectivity index (χ1v) is 10.8. The molecule has 6 heteroatoms. The predicted molar refractivity (Wildman–Crippen MR) is 123 cm³/mol. The molecular weight excluding hydrogens is 418 g/mol. The van der Waals surface area contributed by atoms with Crippen LogP contribution < -0.4 is 4.74 Å². The SMILES string of the molecule is C[C@@H]1Cc2cc(/C(O)=C3\C(=O)C(=O)N(Cc4ccccc4)[C@H]3c3ccc(O)cc3)ccc2O1. The standard InChI is InChI=1S/C27H23NO5/c1-16-13-20-14-19(9-12-22(20)33-16)25(30)23-24(18-7-10-21(29)11-8-18)28(27(32)26(23)31)15-17-5-3-2-4-6-17/h2-12,14,16,24,29-30H,13,15H2,1H3/b25-23+/t16-,24+/m1/s1. The van der Waals surface area contributed by atoms with Crippen LogP contribution in [-0.4, -0.2) is 32.9 Å². The number of aromatic hydroxyl groups is 1. The van der Waals surface area contributed by atoms with Crippen LogP contribution in [0, 0.1) is 0 Å². The molecule has 6 nitrogen and oxygen atoms in total. The lowest BCUT2D eigenvalue weighted by atomic mass is 9.94. The first-order valence-electron chi connectivity index (χ1n) is 10.8. The van der Waals surface area contributed by atoms with Crippen molar-refractivity contribution in [3.8, 4) is 11.5 Å². The first kappa shape index (κ1) is 20.8. The second-order valence-corrected chi connectivity index (χ2v) is 8.46. The minimum absolute atomic E-state index is 0.0357. The summed E-state index contributed by atoms with van der Waals surface area (Å²) in [4.78, 5) is 27.7. The highest BCUT2D eigenvalue weighted by atomic mass is 16.5. The number of hydrogen-bond donors (Lipinski definition) is 2. The molecule has 166 valence electrons. The topological polar surface area (TPSA) is 87.1 Å². The highest BCUT2D eigenvalue weighted by Gasteiger charge is 2.46. The van der Waals surface area contributed by atoms with E-state index in [9.17, 15) is 19.8 Å². The van der Waals surface area contributed by atoms with Gasteiger partial charge in [-0.1, -0.05) is 42.5 Å². The number of Topliss-reactive ketones (excluding diaryl/α,β-unsaturated/α-hetero) is 1. The number of phenolic OH excluding ortho intramolecular Hbond substituents is 1. The molecule has 5 rings (SSSR count). The molecule has 0 radical (unpaired) electrons. The molecule has 0 aromatic heterocycles. The minimum atomic E-state index is -0.783. The van der Waals surface area contributed by atoms with Crippen LogP contribution >= 0.6 is 0 Å². The molecule has 0 aliphatic carbocycles. The molecule has 0 spiro atoms. The van der Waals surface area contributed by atoms with E-state index in [1.165, 1.54) is 17.0 Å². The Balaban J connectivity index is 1.62. The van der Waals surface area contributed by atoms with Gasteiger partial charge in [-0.3, -0.25) is 9.59 Å². The fraction of sp³-hybridized carbons (Fsp3) is 0.185. The van der Waals surface area contributed by atoms with Crippen LogP contribution in [0.3, 0.4) is 0 Å². The molecule has 0 bridgehead atoms. The van der Waals surface area contributed by atoms with Gasteiger partial charge >= 0.3 is 0 Å². The molecule has 2 aliphatic rings. The molecular formula is C27H23NO5. The highest BCUT2D eigenvalue weighted by Crippen LogP contribution is 2.41. The van der Waals surface area contributed by atoms with Gasteiger partial charge in [0.2, 0.25) is 0 Å². The van der Waals surface area contributed by atoms with Gasteiger partial charge in [0.15, 0.2) is 0 Å². The van der Waals surface area contributed by atoms with Crippen molar-refractivity contribution in [1.82, 2.24) is 4.90 Å². The van der Waals surface area contributed by atoms with Gasteiger partial charge in [0.05, 0.1) is 11.6 Å². The Labute approximate surface area is 191 Å². The normalized spacial score (nSPS) is 21.2. The van der Waals surface area contributed by atoms with Gasteiger partial charge in [-0.25, -0.2) is 0 Å². The Bertz CT molecular complexity index is 1260. The number of carbonyl (C=O) groups excluding carboxylic acids is 2. The second kappa shape index (κ2) is 8.13. The van der Waals surface area contributed by atoms with Crippen LogP contribution in [-0.2, 0) is 22.6 Å². The van der Waals surface area contributed by atoms with Gasteiger partial charge in [-0.05, 0) is 53.9 Å². The maximum atomic E-state index is 13.2. The molecule has 3 aromatic rings. The van der Waals surface area contributed by atoms with Gasteiger partial charge < -0.3 is 19.8 Å². The van der Waals surface area contributed by atoms with Crippen molar-refractivity contribution in [1.29, 1.82) is 0 Å². The lowest BCUT2D eigenvalue weighted by molar-refractivity contribution is -0.140. The van der Waals surface area contributed by atoms with Gasteiger partial charge in [0.25, 0.3) is 11.7 Å². The van der Waals surface area contributed by atoms with Crippen LogP contribution in [0.1, 0.15) is 35.2 Å². The summed E-state index contributed by atoms with van der Waals surface area (Å²) in [7, 11) is 0. The maximum Gasteiger partial charge on any atom is 0.295 e. The number of aliphatic hydroxyl groups excluding tert-OH is 1. The predicted octanol–water partition coefficient (Wildman–Crippen LogP) is 4.34. The van der Waals surface area contributed by atoms with Crippen molar-refractivity contribution in [2.45, 2.75) is 32.0 Å². The molecule has 3 aromatic carbocycles. The van der Waals surface area contributed by atoms with E-state index in [0.717, 1.165) is 16.9 Å². The van der Waals surface area contributed by atoms with E-state index in [1.807, 2.05) is 43.3 Å². The fourth-order valence-corrected chi connectivity index (χ4v) is 4.55. The molecule has 1 saturated heterocycles. The summed E-state index contributed by atoms with van der Waals surface area (Å²) < 4.78 is 5.74. The quantitative estimate of drug-likeness (QED) is 0.357. The fourth-order valence-electron chi connectivity index (χ4n) is 4.55. The summed E-state index contributed by atoms with van der Waals surface area (Å²) in [6.45, 7) is 2.18. The largest absolute Gasteiger partial charge is 0.508 e. The number of rotatable bonds is 4. The summed E-state index contributed by atoms with van der Waals surface area (Å²) in [5.74, 6) is -0.780. The number of nitrogens with zero attached hydrogens (tertiary/aromatic N) is 1. The van der Waals surface area contributed by atoms with E-state index in [2.05, 4.69) is 0 Å². The van der Waals surface area contributed by atoms with Crippen molar-refractivity contribution in [3.05, 3.63) is 101 Å². The van der Waals surface area contributed by atoms with Crippen molar-refractivity contribution in [2.75, 3.05) is 0 Å². The summed E-state index contributed by atoms with van der Waals surface area (Å²) in [6, 6.07) is 20.2. The second-order valence-electron chi connectivity index (χ2n) is 8.46. The van der Waals surface area contributed by atoms with E-state index < -0.39 is 17.7 Å². The number of hydrogen-bond acceptors (Lipinski definition) is 5. The number of carbonyl (C=O) groups is 2. The number of fused-ring (bicyclic) bond motifs is 1. The summed E-state index contributed by atoms with van der Waals surface area (Å²) in [6.07, 6.45) is 0.756. The summed E-state index contributed by atoms with van der Waals surface area (Å²) in [5.41, 5.74) is 2.95. The Hall–Kier alpha value is -4.06. The van der Waals surface area contributed by atoms with Crippen LogP contribution in [0.2, 0.25) is 0 Å². The van der Waals surface area contributed by atoms with E-state index in [4.69, 9.17) is 4.74 Å². The number of benzene rings is 3. The number of likely N-dealkylation sites (tertiary alicyclic amines) is 1. The Morgan fingerprint density at radius 2 is 1.76 bits per heavy atom. The van der Waals surface area contributed by atoms with Crippen molar-refractivity contribution < 1.29 is 24.5 Å².